The summed E-state index contributed by atoms with van der Waals surface area (Å²) in [4.78, 5) is 12.7. The first-order chi connectivity index (χ1) is 6.09. The Morgan fingerprint density at radius 2 is 1.85 bits per heavy atom. The van der Waals surface area contributed by atoms with E-state index in [-0.39, 0.29) is 5.12 Å². The van der Waals surface area contributed by atoms with Crippen LogP contribution in [0.1, 0.15) is 5.56 Å². The van der Waals surface area contributed by atoms with Crippen LogP contribution in [0.2, 0.25) is 0 Å². The topological polar surface area (TPSA) is 20.3 Å². The number of anilines is 1. The van der Waals surface area contributed by atoms with E-state index >= 15 is 0 Å². The van der Waals surface area contributed by atoms with Crippen LogP contribution in [-0.2, 0) is 11.2 Å². The highest BCUT2D eigenvalue weighted by Gasteiger charge is 1.99. The van der Waals surface area contributed by atoms with Crippen LogP contribution in [0.15, 0.2) is 24.3 Å². The molecule has 3 heteroatoms. The number of hydrogen-bond donors (Lipinski definition) is 1. The number of benzene rings is 1. The molecule has 70 valence electrons. The van der Waals surface area contributed by atoms with Crippen LogP contribution in [0, 0.1) is 0 Å². The normalized spacial score (nSPS) is 9.77. The Bertz CT molecular complexity index is 292. The van der Waals surface area contributed by atoms with Crippen molar-refractivity contribution in [1.29, 1.82) is 0 Å². The summed E-state index contributed by atoms with van der Waals surface area (Å²) in [6.45, 7) is 0. The lowest BCUT2D eigenvalue weighted by atomic mass is 10.1. The summed E-state index contributed by atoms with van der Waals surface area (Å²) in [5.41, 5.74) is 2.14. The van der Waals surface area contributed by atoms with Gasteiger partial charge in [0.1, 0.15) is 0 Å². The Balaban J connectivity index is 2.75. The molecule has 0 aliphatic rings. The largest absolute Gasteiger partial charge is 0.378 e. The van der Waals surface area contributed by atoms with E-state index in [0.717, 1.165) is 11.3 Å². The van der Waals surface area contributed by atoms with Gasteiger partial charge in [-0.15, -0.1) is 12.6 Å². The fraction of sp³-hybridized carbons (Fsp3) is 0.300. The van der Waals surface area contributed by atoms with Crippen LogP contribution in [-0.4, -0.2) is 19.2 Å². The summed E-state index contributed by atoms with van der Waals surface area (Å²) in [5, 5.41) is -0.0994. The van der Waals surface area contributed by atoms with Crippen LogP contribution < -0.4 is 4.90 Å². The van der Waals surface area contributed by atoms with Crippen molar-refractivity contribution in [3.63, 3.8) is 0 Å². The lowest BCUT2D eigenvalue weighted by Gasteiger charge is -2.12. The minimum absolute atomic E-state index is 0.0994. The zero-order valence-corrected chi connectivity index (χ0v) is 8.71. The van der Waals surface area contributed by atoms with Gasteiger partial charge < -0.3 is 4.90 Å². The molecular weight excluding hydrogens is 182 g/mol. The fourth-order valence-corrected chi connectivity index (χ4v) is 1.27. The van der Waals surface area contributed by atoms with Crippen molar-refractivity contribution in [3.05, 3.63) is 29.8 Å². The van der Waals surface area contributed by atoms with E-state index in [2.05, 4.69) is 12.6 Å². The van der Waals surface area contributed by atoms with Gasteiger partial charge in [-0.25, -0.2) is 0 Å². The summed E-state index contributed by atoms with van der Waals surface area (Å²) in [6, 6.07) is 7.88. The molecule has 0 radical (unpaired) electrons. The average molecular weight is 195 g/mol. The molecule has 13 heavy (non-hydrogen) atoms. The third-order valence-electron chi connectivity index (χ3n) is 1.81. The highest BCUT2D eigenvalue weighted by Crippen LogP contribution is 2.12. The van der Waals surface area contributed by atoms with Gasteiger partial charge in [-0.2, -0.15) is 0 Å². The van der Waals surface area contributed by atoms with Gasteiger partial charge in [0.05, 0.1) is 0 Å². The van der Waals surface area contributed by atoms with Crippen molar-refractivity contribution < 1.29 is 4.79 Å². The molecule has 0 aliphatic heterocycles. The van der Waals surface area contributed by atoms with Crippen molar-refractivity contribution in [2.45, 2.75) is 6.42 Å². The molecule has 0 spiro atoms. The highest BCUT2D eigenvalue weighted by atomic mass is 32.1. The van der Waals surface area contributed by atoms with Crippen LogP contribution in [0.25, 0.3) is 0 Å². The second-order valence-corrected chi connectivity index (χ2v) is 3.63. The maximum atomic E-state index is 10.7. The van der Waals surface area contributed by atoms with E-state index in [4.69, 9.17) is 0 Å². The first kappa shape index (κ1) is 10.1. The van der Waals surface area contributed by atoms with Gasteiger partial charge in [0.15, 0.2) is 5.12 Å². The molecule has 0 aromatic heterocycles. The number of nitrogens with zero attached hydrogens (tertiary/aromatic N) is 1. The first-order valence-corrected chi connectivity index (χ1v) is 4.52. The van der Waals surface area contributed by atoms with E-state index in [1.54, 1.807) is 0 Å². The molecule has 0 fully saturated rings. The molecule has 0 unspecified atom stereocenters. The van der Waals surface area contributed by atoms with E-state index in [1.807, 2.05) is 43.3 Å². The van der Waals surface area contributed by atoms with Crippen molar-refractivity contribution >= 4 is 23.4 Å². The molecule has 2 nitrogen and oxygen atoms in total. The summed E-state index contributed by atoms with van der Waals surface area (Å²) < 4.78 is 0. The fourth-order valence-electron chi connectivity index (χ4n) is 1.09. The molecule has 0 saturated carbocycles. The number of hydrogen-bond acceptors (Lipinski definition) is 2. The number of carbonyl (C=O) groups is 1. The molecule has 0 N–H and O–H groups in total. The smallest absolute Gasteiger partial charge is 0.190 e. The number of thiol groups is 1. The van der Waals surface area contributed by atoms with Gasteiger partial charge in [-0.05, 0) is 17.7 Å². The zero-order chi connectivity index (χ0) is 9.84. The number of carbonyl (C=O) groups excluding carboxylic acids is 1. The summed E-state index contributed by atoms with van der Waals surface area (Å²) in [7, 11) is 3.97. The summed E-state index contributed by atoms with van der Waals surface area (Å²) in [5.74, 6) is 0. The minimum Gasteiger partial charge on any atom is -0.378 e. The molecule has 0 amide bonds. The van der Waals surface area contributed by atoms with Gasteiger partial charge in [0.25, 0.3) is 0 Å². The van der Waals surface area contributed by atoms with Gasteiger partial charge >= 0.3 is 0 Å². The Hall–Kier alpha value is -0.960. The van der Waals surface area contributed by atoms with Crippen molar-refractivity contribution in [1.82, 2.24) is 0 Å². The Morgan fingerprint density at radius 1 is 1.31 bits per heavy atom. The molecule has 0 atom stereocenters. The van der Waals surface area contributed by atoms with Crippen LogP contribution in [0.4, 0.5) is 5.69 Å². The maximum Gasteiger partial charge on any atom is 0.190 e. The molecule has 1 rings (SSSR count). The third-order valence-corrected chi connectivity index (χ3v) is 1.97. The molecular formula is C10H13NOS. The molecule has 1 aromatic carbocycles. The molecule has 0 heterocycles. The lowest BCUT2D eigenvalue weighted by molar-refractivity contribution is -0.110. The van der Waals surface area contributed by atoms with E-state index < -0.39 is 0 Å². The zero-order valence-electron chi connectivity index (χ0n) is 7.82. The quantitative estimate of drug-likeness (QED) is 0.742. The van der Waals surface area contributed by atoms with Crippen LogP contribution in [0.5, 0.6) is 0 Å². The Kier molecular flexibility index (Phi) is 3.37. The Labute approximate surface area is 84.0 Å². The molecule has 1 aromatic rings. The van der Waals surface area contributed by atoms with Crippen LogP contribution in [0.3, 0.4) is 0 Å². The predicted octanol–water partition coefficient (Wildman–Crippen LogP) is 1.75. The monoisotopic (exact) mass is 195 g/mol. The van der Waals surface area contributed by atoms with E-state index in [0.29, 0.717) is 6.42 Å². The van der Waals surface area contributed by atoms with Gasteiger partial charge in [-0.1, -0.05) is 12.1 Å². The van der Waals surface area contributed by atoms with Crippen molar-refractivity contribution in [3.8, 4) is 0 Å². The van der Waals surface area contributed by atoms with Gasteiger partial charge in [0.2, 0.25) is 0 Å². The van der Waals surface area contributed by atoms with Crippen molar-refractivity contribution in [2.24, 2.45) is 0 Å². The predicted molar refractivity (Wildman–Crippen MR) is 58.5 cm³/mol. The molecule has 0 aliphatic carbocycles. The van der Waals surface area contributed by atoms with Crippen LogP contribution >= 0.6 is 12.6 Å². The lowest BCUT2D eigenvalue weighted by Crippen LogP contribution is -2.08. The van der Waals surface area contributed by atoms with E-state index in [9.17, 15) is 4.79 Å². The second kappa shape index (κ2) is 4.33. The second-order valence-electron chi connectivity index (χ2n) is 3.13. The minimum atomic E-state index is -0.0994. The van der Waals surface area contributed by atoms with Crippen molar-refractivity contribution in [2.75, 3.05) is 19.0 Å². The highest BCUT2D eigenvalue weighted by molar-refractivity contribution is 7.96. The number of rotatable bonds is 3. The van der Waals surface area contributed by atoms with E-state index in [1.165, 1.54) is 0 Å². The Morgan fingerprint density at radius 3 is 2.23 bits per heavy atom. The average Bonchev–Trinajstić information content (AvgIpc) is 2.04. The molecule has 0 saturated heterocycles. The summed E-state index contributed by atoms with van der Waals surface area (Å²) >= 11 is 3.73. The third kappa shape index (κ3) is 3.11. The van der Waals surface area contributed by atoms with Gasteiger partial charge in [0, 0.05) is 26.2 Å². The standard InChI is InChI=1S/C10H13NOS/c1-11(2)9-5-3-8(4-6-9)7-10(12)13/h3-6H,7H2,1-2H3,(H,12,13). The molecule has 0 bridgehead atoms. The van der Waals surface area contributed by atoms with Gasteiger partial charge in [-0.3, -0.25) is 4.79 Å². The maximum absolute atomic E-state index is 10.7. The summed E-state index contributed by atoms with van der Waals surface area (Å²) in [6.07, 6.45) is 0.400. The first-order valence-electron chi connectivity index (χ1n) is 4.07. The SMILES string of the molecule is CN(C)c1ccc(CC(=O)S)cc1.